The zero-order valence-corrected chi connectivity index (χ0v) is 12.3. The van der Waals surface area contributed by atoms with Crippen LogP contribution in [0.2, 0.25) is 0 Å². The van der Waals surface area contributed by atoms with E-state index in [1.54, 1.807) is 23.2 Å². The summed E-state index contributed by atoms with van der Waals surface area (Å²) in [5.74, 6) is 0.482. The van der Waals surface area contributed by atoms with E-state index >= 15 is 0 Å². The molecule has 1 unspecified atom stereocenters. The number of nitrogens with one attached hydrogen (secondary N) is 2. The van der Waals surface area contributed by atoms with Crippen LogP contribution in [0, 0.1) is 0 Å². The molecular weight excluding hydrogens is 272 g/mol. The lowest BCUT2D eigenvalue weighted by Gasteiger charge is -2.17. The van der Waals surface area contributed by atoms with Gasteiger partial charge >= 0.3 is 6.03 Å². The Kier molecular flexibility index (Phi) is 4.97. The van der Waals surface area contributed by atoms with E-state index in [0.29, 0.717) is 31.1 Å². The summed E-state index contributed by atoms with van der Waals surface area (Å²) in [7, 11) is 1.50. The number of anilines is 1. The second-order valence-electron chi connectivity index (χ2n) is 4.84. The van der Waals surface area contributed by atoms with Crippen molar-refractivity contribution in [1.82, 2.24) is 15.2 Å². The van der Waals surface area contributed by atoms with Crippen LogP contribution in [0.1, 0.15) is 19.8 Å². The number of carbonyl (C=O) groups excluding carboxylic acids is 2. The molecule has 0 spiro atoms. The van der Waals surface area contributed by atoms with Crippen LogP contribution >= 0.6 is 0 Å². The van der Waals surface area contributed by atoms with E-state index < -0.39 is 0 Å². The highest BCUT2D eigenvalue weighted by Crippen LogP contribution is 2.19. The lowest BCUT2D eigenvalue weighted by molar-refractivity contribution is -0.129. The summed E-state index contributed by atoms with van der Waals surface area (Å²) in [6.45, 7) is 3.09. The molecule has 21 heavy (non-hydrogen) atoms. The van der Waals surface area contributed by atoms with E-state index in [1.165, 1.54) is 7.11 Å². The minimum atomic E-state index is -0.322. The summed E-state index contributed by atoms with van der Waals surface area (Å²) < 4.78 is 5.07. The Morgan fingerprint density at radius 1 is 1.52 bits per heavy atom. The Balaban J connectivity index is 1.87. The summed E-state index contributed by atoms with van der Waals surface area (Å²) in [4.78, 5) is 29.4. The third-order valence-electron chi connectivity index (χ3n) is 3.39. The minimum absolute atomic E-state index is 0.0248. The fourth-order valence-electron chi connectivity index (χ4n) is 2.32. The number of pyridine rings is 1. The van der Waals surface area contributed by atoms with Gasteiger partial charge in [0.1, 0.15) is 5.69 Å². The summed E-state index contributed by atoms with van der Waals surface area (Å²) in [6, 6.07) is 3.09. The molecule has 1 aromatic heterocycles. The number of amides is 3. The van der Waals surface area contributed by atoms with Crippen molar-refractivity contribution in [3.8, 4) is 5.88 Å². The Labute approximate surface area is 123 Å². The van der Waals surface area contributed by atoms with E-state index in [9.17, 15) is 9.59 Å². The van der Waals surface area contributed by atoms with Gasteiger partial charge in [-0.05, 0) is 18.6 Å². The second-order valence-corrected chi connectivity index (χ2v) is 4.84. The van der Waals surface area contributed by atoms with Crippen molar-refractivity contribution >= 4 is 17.6 Å². The highest BCUT2D eigenvalue weighted by molar-refractivity contribution is 5.90. The predicted molar refractivity (Wildman–Crippen MR) is 78.2 cm³/mol. The molecule has 0 radical (unpaired) electrons. The van der Waals surface area contributed by atoms with Crippen molar-refractivity contribution in [1.29, 1.82) is 0 Å². The van der Waals surface area contributed by atoms with E-state index in [1.807, 2.05) is 6.92 Å². The summed E-state index contributed by atoms with van der Waals surface area (Å²) >= 11 is 0. The van der Waals surface area contributed by atoms with Gasteiger partial charge in [-0.2, -0.15) is 0 Å². The number of hydrogen-bond acceptors (Lipinski definition) is 4. The van der Waals surface area contributed by atoms with Crippen LogP contribution in [0.5, 0.6) is 5.88 Å². The number of carbonyl (C=O) groups is 2. The molecule has 1 atom stereocenters. The highest BCUT2D eigenvalue weighted by atomic mass is 16.5. The number of methoxy groups -OCH3 is 1. The van der Waals surface area contributed by atoms with Crippen molar-refractivity contribution in [2.45, 2.75) is 25.8 Å². The molecule has 7 nitrogen and oxygen atoms in total. The van der Waals surface area contributed by atoms with Gasteiger partial charge in [0.25, 0.3) is 0 Å². The number of ether oxygens (including phenoxy) is 1. The molecule has 3 amide bonds. The maximum Gasteiger partial charge on any atom is 0.319 e. The van der Waals surface area contributed by atoms with Gasteiger partial charge in [0.15, 0.2) is 0 Å². The average molecular weight is 292 g/mol. The number of hydrogen-bond donors (Lipinski definition) is 2. The van der Waals surface area contributed by atoms with Gasteiger partial charge in [0.2, 0.25) is 11.8 Å². The number of urea groups is 1. The Bertz CT molecular complexity index is 521. The third kappa shape index (κ3) is 3.84. The smallest absolute Gasteiger partial charge is 0.319 e. The largest absolute Gasteiger partial charge is 0.480 e. The average Bonchev–Trinajstić information content (AvgIpc) is 2.95. The molecule has 0 saturated carbocycles. The maximum absolute atomic E-state index is 12.0. The number of rotatable bonds is 4. The first-order valence-electron chi connectivity index (χ1n) is 6.98. The van der Waals surface area contributed by atoms with Crippen molar-refractivity contribution < 1.29 is 14.3 Å². The van der Waals surface area contributed by atoms with Crippen LogP contribution in [0.3, 0.4) is 0 Å². The van der Waals surface area contributed by atoms with Crippen molar-refractivity contribution in [3.63, 3.8) is 0 Å². The van der Waals surface area contributed by atoms with Crippen molar-refractivity contribution in [3.05, 3.63) is 18.3 Å². The molecule has 2 rings (SSSR count). The highest BCUT2D eigenvalue weighted by Gasteiger charge is 2.26. The molecule has 0 bridgehead atoms. The van der Waals surface area contributed by atoms with E-state index in [-0.39, 0.29) is 18.0 Å². The lowest BCUT2D eigenvalue weighted by atomic mass is 10.3. The molecule has 0 aromatic carbocycles. The van der Waals surface area contributed by atoms with E-state index in [0.717, 1.165) is 6.42 Å². The Morgan fingerprint density at radius 2 is 2.33 bits per heavy atom. The molecule has 0 aliphatic carbocycles. The van der Waals surface area contributed by atoms with Gasteiger partial charge in [-0.3, -0.25) is 4.79 Å². The molecule has 1 aliphatic heterocycles. The number of aromatic nitrogens is 1. The first-order valence-corrected chi connectivity index (χ1v) is 6.98. The minimum Gasteiger partial charge on any atom is -0.480 e. The molecule has 7 heteroatoms. The molecule has 1 fully saturated rings. The topological polar surface area (TPSA) is 83.6 Å². The van der Waals surface area contributed by atoms with Gasteiger partial charge in [0, 0.05) is 31.7 Å². The fraction of sp³-hybridized carbons (Fsp3) is 0.500. The molecule has 1 aromatic rings. The quantitative estimate of drug-likeness (QED) is 0.874. The first kappa shape index (κ1) is 15.1. The third-order valence-corrected chi connectivity index (χ3v) is 3.39. The zero-order chi connectivity index (χ0) is 15.2. The molecule has 114 valence electrons. The molecule has 2 N–H and O–H groups in total. The standard InChI is InChI=1S/C14H20N4O3/c1-3-12(19)18-8-6-10(9-18)16-14(20)17-11-5-4-7-15-13(11)21-2/h4-5,7,10H,3,6,8-9H2,1-2H3,(H2,16,17,20). The molecule has 1 aliphatic rings. The lowest BCUT2D eigenvalue weighted by Crippen LogP contribution is -2.40. The molecule has 2 heterocycles. The normalized spacial score (nSPS) is 17.4. The monoisotopic (exact) mass is 292 g/mol. The summed E-state index contributed by atoms with van der Waals surface area (Å²) in [5.41, 5.74) is 0.511. The maximum atomic E-state index is 12.0. The van der Waals surface area contributed by atoms with Crippen LogP contribution < -0.4 is 15.4 Å². The van der Waals surface area contributed by atoms with Gasteiger partial charge in [-0.15, -0.1) is 0 Å². The van der Waals surface area contributed by atoms with Gasteiger partial charge in [-0.1, -0.05) is 6.92 Å². The summed E-state index contributed by atoms with van der Waals surface area (Å²) in [5, 5.41) is 5.57. The SMILES string of the molecule is CCC(=O)N1CCC(NC(=O)Nc2cccnc2OC)C1. The van der Waals surface area contributed by atoms with E-state index in [2.05, 4.69) is 15.6 Å². The molecular formula is C14H20N4O3. The Morgan fingerprint density at radius 3 is 3.05 bits per heavy atom. The first-order chi connectivity index (χ1) is 10.1. The van der Waals surface area contributed by atoms with Crippen LogP contribution in [0.4, 0.5) is 10.5 Å². The van der Waals surface area contributed by atoms with Crippen LogP contribution in [-0.2, 0) is 4.79 Å². The van der Waals surface area contributed by atoms with E-state index in [4.69, 9.17) is 4.74 Å². The van der Waals surface area contributed by atoms with Gasteiger partial charge < -0.3 is 20.3 Å². The molecule has 1 saturated heterocycles. The Hall–Kier alpha value is -2.31. The number of nitrogens with zero attached hydrogens (tertiary/aromatic N) is 2. The second kappa shape index (κ2) is 6.92. The summed E-state index contributed by atoms with van der Waals surface area (Å²) in [6.07, 6.45) is 2.85. The van der Waals surface area contributed by atoms with Gasteiger partial charge in [-0.25, -0.2) is 9.78 Å². The van der Waals surface area contributed by atoms with Crippen molar-refractivity contribution in [2.75, 3.05) is 25.5 Å². The van der Waals surface area contributed by atoms with Crippen LogP contribution in [0.15, 0.2) is 18.3 Å². The predicted octanol–water partition coefficient (Wildman–Crippen LogP) is 1.22. The zero-order valence-electron chi connectivity index (χ0n) is 12.3. The fourth-order valence-corrected chi connectivity index (χ4v) is 2.32. The number of likely N-dealkylation sites (tertiary alicyclic amines) is 1. The van der Waals surface area contributed by atoms with Gasteiger partial charge in [0.05, 0.1) is 7.11 Å². The van der Waals surface area contributed by atoms with Crippen LogP contribution in [-0.4, -0.2) is 48.1 Å². The van der Waals surface area contributed by atoms with Crippen LogP contribution in [0.25, 0.3) is 0 Å². The van der Waals surface area contributed by atoms with Crippen molar-refractivity contribution in [2.24, 2.45) is 0 Å².